The molecule has 2 heterocycles. The molecule has 2 aromatic rings. The fourth-order valence-electron chi connectivity index (χ4n) is 3.73. The molecule has 0 spiro atoms. The van der Waals surface area contributed by atoms with E-state index in [0.29, 0.717) is 53.7 Å². The highest BCUT2D eigenvalue weighted by atomic mass is 35.5. The number of esters is 1. The van der Waals surface area contributed by atoms with Crippen LogP contribution in [0.4, 0.5) is 0 Å². The molecule has 0 unspecified atom stereocenters. The molecule has 0 bridgehead atoms. The SMILES string of the molecule is CCOC(=O)c1cc(Cl)cnc1C1CCN(C(=O)[C@@H](C)Oc2ccccc2OC)CC1. The van der Waals surface area contributed by atoms with Crippen molar-refractivity contribution < 1.29 is 23.8 Å². The van der Waals surface area contributed by atoms with Gasteiger partial charge in [0, 0.05) is 25.2 Å². The lowest BCUT2D eigenvalue weighted by Gasteiger charge is -2.33. The number of amides is 1. The van der Waals surface area contributed by atoms with Crippen molar-refractivity contribution in [3.05, 3.63) is 52.8 Å². The highest BCUT2D eigenvalue weighted by molar-refractivity contribution is 6.30. The predicted molar refractivity (Wildman–Crippen MR) is 117 cm³/mol. The number of piperidine rings is 1. The van der Waals surface area contributed by atoms with Crippen LogP contribution in [0, 0.1) is 0 Å². The van der Waals surface area contributed by atoms with Gasteiger partial charge in [0.25, 0.3) is 5.91 Å². The number of rotatable bonds is 7. The first-order valence-electron chi connectivity index (χ1n) is 10.4. The van der Waals surface area contributed by atoms with Gasteiger partial charge in [-0.15, -0.1) is 0 Å². The molecule has 1 aliphatic heterocycles. The Bertz CT molecular complexity index is 928. The Labute approximate surface area is 187 Å². The third kappa shape index (κ3) is 5.47. The molecule has 0 saturated carbocycles. The molecule has 0 N–H and O–H groups in total. The Morgan fingerprint density at radius 1 is 1.23 bits per heavy atom. The van der Waals surface area contributed by atoms with Crippen molar-refractivity contribution in [1.82, 2.24) is 9.88 Å². The van der Waals surface area contributed by atoms with E-state index in [-0.39, 0.29) is 18.4 Å². The van der Waals surface area contributed by atoms with Gasteiger partial charge in [0.15, 0.2) is 17.6 Å². The molecule has 1 atom stereocenters. The first-order valence-corrected chi connectivity index (χ1v) is 10.7. The van der Waals surface area contributed by atoms with Crippen molar-refractivity contribution in [2.45, 2.75) is 38.7 Å². The third-order valence-corrected chi connectivity index (χ3v) is 5.50. The van der Waals surface area contributed by atoms with Gasteiger partial charge in [0.2, 0.25) is 0 Å². The zero-order valence-corrected chi connectivity index (χ0v) is 18.7. The number of aromatic nitrogens is 1. The molecule has 31 heavy (non-hydrogen) atoms. The molecule has 7 nitrogen and oxygen atoms in total. The summed E-state index contributed by atoms with van der Waals surface area (Å²) in [6.45, 7) is 4.88. The van der Waals surface area contributed by atoms with E-state index in [4.69, 9.17) is 25.8 Å². The summed E-state index contributed by atoms with van der Waals surface area (Å²) in [6.07, 6.45) is 2.28. The number of para-hydroxylation sites is 2. The largest absolute Gasteiger partial charge is 0.493 e. The summed E-state index contributed by atoms with van der Waals surface area (Å²) in [7, 11) is 1.56. The van der Waals surface area contributed by atoms with Gasteiger partial charge in [-0.25, -0.2) is 4.79 Å². The number of carbonyl (C=O) groups is 2. The van der Waals surface area contributed by atoms with Crippen LogP contribution in [0.15, 0.2) is 36.5 Å². The average molecular weight is 447 g/mol. The van der Waals surface area contributed by atoms with E-state index >= 15 is 0 Å². The van der Waals surface area contributed by atoms with Gasteiger partial charge in [-0.1, -0.05) is 23.7 Å². The summed E-state index contributed by atoms with van der Waals surface area (Å²) >= 11 is 6.04. The van der Waals surface area contributed by atoms with Crippen LogP contribution in [-0.4, -0.2) is 54.7 Å². The molecule has 1 aliphatic rings. The van der Waals surface area contributed by atoms with Gasteiger partial charge in [-0.3, -0.25) is 9.78 Å². The lowest BCUT2D eigenvalue weighted by molar-refractivity contribution is -0.139. The normalized spacial score (nSPS) is 15.3. The smallest absolute Gasteiger partial charge is 0.340 e. The Morgan fingerprint density at radius 3 is 2.55 bits per heavy atom. The number of halogens is 1. The van der Waals surface area contributed by atoms with Gasteiger partial charge >= 0.3 is 5.97 Å². The molecule has 1 saturated heterocycles. The van der Waals surface area contributed by atoms with Gasteiger partial charge in [-0.2, -0.15) is 0 Å². The van der Waals surface area contributed by atoms with E-state index in [1.807, 2.05) is 12.1 Å². The van der Waals surface area contributed by atoms with Crippen LogP contribution >= 0.6 is 11.6 Å². The number of hydrogen-bond acceptors (Lipinski definition) is 6. The molecule has 8 heteroatoms. The summed E-state index contributed by atoms with van der Waals surface area (Å²) in [5.74, 6) is 0.654. The summed E-state index contributed by atoms with van der Waals surface area (Å²) in [6, 6.07) is 8.85. The first kappa shape index (κ1) is 22.9. The average Bonchev–Trinajstić information content (AvgIpc) is 2.79. The van der Waals surface area contributed by atoms with Gasteiger partial charge < -0.3 is 19.1 Å². The van der Waals surface area contributed by atoms with E-state index in [1.165, 1.54) is 0 Å². The predicted octanol–water partition coefficient (Wildman–Crippen LogP) is 4.09. The number of ether oxygens (including phenoxy) is 3. The molecular weight excluding hydrogens is 420 g/mol. The minimum absolute atomic E-state index is 0.0474. The van der Waals surface area contributed by atoms with Crippen LogP contribution in [0.25, 0.3) is 0 Å². The molecule has 1 aromatic carbocycles. The molecule has 0 aliphatic carbocycles. The van der Waals surface area contributed by atoms with E-state index in [1.54, 1.807) is 50.3 Å². The van der Waals surface area contributed by atoms with Crippen LogP contribution in [0.3, 0.4) is 0 Å². The van der Waals surface area contributed by atoms with E-state index in [2.05, 4.69) is 4.98 Å². The highest BCUT2D eigenvalue weighted by Crippen LogP contribution is 2.32. The lowest BCUT2D eigenvalue weighted by Crippen LogP contribution is -2.44. The zero-order chi connectivity index (χ0) is 22.4. The fourth-order valence-corrected chi connectivity index (χ4v) is 3.89. The first-order chi connectivity index (χ1) is 14.9. The van der Waals surface area contributed by atoms with E-state index in [9.17, 15) is 9.59 Å². The molecule has 1 amide bonds. The number of pyridine rings is 1. The van der Waals surface area contributed by atoms with Crippen molar-refractivity contribution in [1.29, 1.82) is 0 Å². The number of likely N-dealkylation sites (tertiary alicyclic amines) is 1. The molecule has 3 rings (SSSR count). The van der Waals surface area contributed by atoms with Crippen molar-refractivity contribution in [2.75, 3.05) is 26.8 Å². The third-order valence-electron chi connectivity index (χ3n) is 5.29. The summed E-state index contributed by atoms with van der Waals surface area (Å²) in [4.78, 5) is 31.4. The Hall–Kier alpha value is -2.80. The number of benzene rings is 1. The van der Waals surface area contributed by atoms with Crippen molar-refractivity contribution in [3.8, 4) is 11.5 Å². The maximum Gasteiger partial charge on any atom is 0.340 e. The van der Waals surface area contributed by atoms with Crippen LogP contribution in [-0.2, 0) is 9.53 Å². The zero-order valence-electron chi connectivity index (χ0n) is 18.0. The molecular formula is C23H27ClN2O5. The highest BCUT2D eigenvalue weighted by Gasteiger charge is 2.31. The Kier molecular flexibility index (Phi) is 7.74. The van der Waals surface area contributed by atoms with Crippen LogP contribution in [0.2, 0.25) is 5.02 Å². The molecule has 0 radical (unpaired) electrons. The standard InChI is InChI=1S/C23H27ClN2O5/c1-4-30-23(28)18-13-17(24)14-25-21(18)16-9-11-26(12-10-16)22(27)15(2)31-20-8-6-5-7-19(20)29-3/h5-8,13-16H,4,9-12H2,1-3H3/t15-/m1/s1. The second-order valence-corrected chi connectivity index (χ2v) is 7.75. The number of nitrogens with zero attached hydrogens (tertiary/aromatic N) is 2. The molecule has 1 fully saturated rings. The summed E-state index contributed by atoms with van der Waals surface area (Å²) in [5.41, 5.74) is 1.07. The molecule has 1 aromatic heterocycles. The maximum atomic E-state index is 12.9. The quantitative estimate of drug-likeness (QED) is 0.596. The van der Waals surface area contributed by atoms with Crippen molar-refractivity contribution in [3.63, 3.8) is 0 Å². The van der Waals surface area contributed by atoms with Gasteiger partial charge in [0.1, 0.15) is 0 Å². The molecule has 166 valence electrons. The summed E-state index contributed by atoms with van der Waals surface area (Å²) < 4.78 is 16.3. The lowest BCUT2D eigenvalue weighted by atomic mass is 9.90. The van der Waals surface area contributed by atoms with Gasteiger partial charge in [-0.05, 0) is 44.9 Å². The fraction of sp³-hybridized carbons (Fsp3) is 0.435. The summed E-state index contributed by atoms with van der Waals surface area (Å²) in [5, 5.41) is 0.390. The number of hydrogen-bond donors (Lipinski definition) is 0. The van der Waals surface area contributed by atoms with Crippen molar-refractivity contribution >= 4 is 23.5 Å². The van der Waals surface area contributed by atoms with Crippen molar-refractivity contribution in [2.24, 2.45) is 0 Å². The van der Waals surface area contributed by atoms with Gasteiger partial charge in [0.05, 0.1) is 30.0 Å². The Morgan fingerprint density at radius 2 is 1.90 bits per heavy atom. The van der Waals surface area contributed by atoms with Crippen LogP contribution < -0.4 is 9.47 Å². The second-order valence-electron chi connectivity index (χ2n) is 7.32. The number of carbonyl (C=O) groups excluding carboxylic acids is 2. The van der Waals surface area contributed by atoms with E-state index in [0.717, 1.165) is 0 Å². The minimum atomic E-state index is -0.642. The van der Waals surface area contributed by atoms with E-state index < -0.39 is 12.1 Å². The Balaban J connectivity index is 1.64. The monoisotopic (exact) mass is 446 g/mol. The number of methoxy groups -OCH3 is 1. The van der Waals surface area contributed by atoms with Crippen LogP contribution in [0.5, 0.6) is 11.5 Å². The van der Waals surface area contributed by atoms with Crippen LogP contribution in [0.1, 0.15) is 48.7 Å². The topological polar surface area (TPSA) is 78.0 Å². The maximum absolute atomic E-state index is 12.9. The second kappa shape index (κ2) is 10.5. The minimum Gasteiger partial charge on any atom is -0.493 e.